The van der Waals surface area contributed by atoms with Gasteiger partial charge in [-0.2, -0.15) is 0 Å². The Kier molecular flexibility index (Phi) is 13.7. The Morgan fingerprint density at radius 1 is 0.891 bits per heavy atom. The van der Waals surface area contributed by atoms with Crippen molar-refractivity contribution in [2.24, 2.45) is 11.8 Å². The van der Waals surface area contributed by atoms with Gasteiger partial charge in [0.25, 0.3) is 0 Å². The quantitative estimate of drug-likeness (QED) is 0.0810. The molecule has 1 aliphatic heterocycles. The van der Waals surface area contributed by atoms with E-state index in [9.17, 15) is 19.1 Å². The highest BCUT2D eigenvalue weighted by atomic mass is 19.1. The number of hydrogen-bond donors (Lipinski definition) is 2. The first-order chi connectivity index (χ1) is 22.4. The monoisotopic (exact) mass is 632 g/mol. The van der Waals surface area contributed by atoms with Crippen molar-refractivity contribution in [3.05, 3.63) is 89.7 Å². The van der Waals surface area contributed by atoms with E-state index >= 15 is 0 Å². The van der Waals surface area contributed by atoms with E-state index in [0.717, 1.165) is 25.9 Å². The second-order valence-corrected chi connectivity index (χ2v) is 11.7. The van der Waals surface area contributed by atoms with Crippen LogP contribution in [0.15, 0.2) is 72.8 Å². The molecule has 0 aromatic heterocycles. The number of unbranched alkanes of at least 4 members (excludes halogenated alkanes) is 1. The number of nitrogens with one attached hydrogen (secondary N) is 1. The summed E-state index contributed by atoms with van der Waals surface area (Å²) in [5.74, 6) is -0.158. The van der Waals surface area contributed by atoms with Crippen molar-refractivity contribution < 1.29 is 33.3 Å². The topological polar surface area (TPSA) is 109 Å². The molecule has 1 saturated heterocycles. The molecule has 3 aromatic rings. The van der Waals surface area contributed by atoms with Gasteiger partial charge in [-0.25, -0.2) is 4.39 Å². The first-order valence-corrected chi connectivity index (χ1v) is 16.1. The maximum absolute atomic E-state index is 13.7. The van der Waals surface area contributed by atoms with Gasteiger partial charge in [-0.3, -0.25) is 9.59 Å². The molecule has 0 bridgehead atoms. The van der Waals surface area contributed by atoms with E-state index in [-0.39, 0.29) is 23.7 Å². The van der Waals surface area contributed by atoms with Crippen LogP contribution in [0.2, 0.25) is 0 Å². The third-order valence-corrected chi connectivity index (χ3v) is 8.45. The van der Waals surface area contributed by atoms with Crippen LogP contribution in [0, 0.1) is 23.1 Å². The van der Waals surface area contributed by atoms with E-state index in [4.69, 9.17) is 19.6 Å². The number of aliphatic hydroxyl groups excluding tert-OH is 1. The fourth-order valence-electron chi connectivity index (χ4n) is 5.80. The van der Waals surface area contributed by atoms with E-state index < -0.39 is 23.8 Å². The molecule has 8 nitrogen and oxygen atoms in total. The van der Waals surface area contributed by atoms with Gasteiger partial charge in [-0.15, -0.1) is 0 Å². The standard InChI is InChI=1S/C37H45FN2O6/c1-44-29-17-13-27(14-18-29)34(41)10-3-4-11-35(42)31(25-39)32(26-40-21-6-7-22-40)37(43)28-15-19-30(20-16-28)45-23-8-24-46-36-12-5-2-9-33(36)38/h2,5,9,12-20,25,31-32,37,39,43H,3-4,6-8,10-11,21-24,26H2,1H3/t31?,32-,37+/m0/s1. The number of ether oxygens (including phenoxy) is 3. The number of rotatable bonds is 20. The first-order valence-electron chi connectivity index (χ1n) is 16.1. The predicted octanol–water partition coefficient (Wildman–Crippen LogP) is 6.71. The molecule has 1 unspecified atom stereocenters. The Bertz CT molecular complexity index is 1390. The van der Waals surface area contributed by atoms with Crippen molar-refractivity contribution in [3.8, 4) is 17.2 Å². The Labute approximate surface area is 271 Å². The largest absolute Gasteiger partial charge is 0.497 e. The Morgan fingerprint density at radius 2 is 1.54 bits per heavy atom. The second-order valence-electron chi connectivity index (χ2n) is 11.7. The SMILES string of the molecule is COc1ccc(C(=O)CCCCC(=O)C(C=N)[C@H](CN2CCCC2)[C@H](O)c2ccc(OCCCOc3ccccc3F)cc2)cc1. The number of methoxy groups -OCH3 is 1. The van der Waals surface area contributed by atoms with Gasteiger partial charge in [0.15, 0.2) is 17.3 Å². The Morgan fingerprint density at radius 3 is 2.22 bits per heavy atom. The van der Waals surface area contributed by atoms with Crippen LogP contribution in [0.4, 0.5) is 4.39 Å². The summed E-state index contributed by atoms with van der Waals surface area (Å²) in [5.41, 5.74) is 1.27. The highest BCUT2D eigenvalue weighted by Gasteiger charge is 2.34. The van der Waals surface area contributed by atoms with E-state index in [1.165, 1.54) is 12.3 Å². The number of hydrogen-bond acceptors (Lipinski definition) is 8. The van der Waals surface area contributed by atoms with Crippen molar-refractivity contribution in [2.45, 2.75) is 51.0 Å². The van der Waals surface area contributed by atoms with E-state index in [1.807, 2.05) is 0 Å². The molecule has 1 heterocycles. The third-order valence-electron chi connectivity index (χ3n) is 8.45. The van der Waals surface area contributed by atoms with Crippen molar-refractivity contribution >= 4 is 17.8 Å². The fraction of sp³-hybridized carbons (Fsp3) is 0.432. The normalized spacial score (nSPS) is 15.1. The lowest BCUT2D eigenvalue weighted by atomic mass is 9.80. The number of nitrogens with zero attached hydrogens (tertiary/aromatic N) is 1. The number of Topliss-reactive ketones (excluding diaryl/α,β-unsaturated/α-hetero) is 2. The van der Waals surface area contributed by atoms with Gasteiger partial charge in [-0.05, 0) is 92.9 Å². The summed E-state index contributed by atoms with van der Waals surface area (Å²) in [5, 5.41) is 19.7. The Balaban J connectivity index is 1.29. The number of benzene rings is 3. The minimum atomic E-state index is -0.948. The van der Waals surface area contributed by atoms with Crippen LogP contribution < -0.4 is 14.2 Å². The maximum Gasteiger partial charge on any atom is 0.165 e. The molecule has 0 saturated carbocycles. The zero-order valence-electron chi connectivity index (χ0n) is 26.5. The molecule has 3 atom stereocenters. The summed E-state index contributed by atoms with van der Waals surface area (Å²) in [7, 11) is 1.58. The van der Waals surface area contributed by atoms with Crippen LogP contribution in [0.5, 0.6) is 17.2 Å². The third kappa shape index (κ3) is 10.2. The number of carbonyl (C=O) groups is 2. The summed E-state index contributed by atoms with van der Waals surface area (Å²) < 4.78 is 30.1. The fourth-order valence-corrected chi connectivity index (χ4v) is 5.80. The lowest BCUT2D eigenvalue weighted by Gasteiger charge is -2.32. The highest BCUT2D eigenvalue weighted by molar-refractivity contribution is 5.96. The lowest BCUT2D eigenvalue weighted by molar-refractivity contribution is -0.124. The van der Waals surface area contributed by atoms with Gasteiger partial charge >= 0.3 is 0 Å². The molecular formula is C37H45FN2O6. The van der Waals surface area contributed by atoms with Gasteiger partial charge < -0.3 is 29.6 Å². The number of carbonyl (C=O) groups excluding carboxylic acids is 2. The number of para-hydroxylation sites is 1. The van der Waals surface area contributed by atoms with Gasteiger partial charge in [-0.1, -0.05) is 24.3 Å². The summed E-state index contributed by atoms with van der Waals surface area (Å²) in [6, 6.07) is 20.4. The number of likely N-dealkylation sites (tertiary alicyclic amines) is 1. The summed E-state index contributed by atoms with van der Waals surface area (Å²) >= 11 is 0. The molecule has 4 rings (SSSR count). The molecule has 0 radical (unpaired) electrons. The van der Waals surface area contributed by atoms with Crippen LogP contribution in [0.25, 0.3) is 0 Å². The molecule has 3 aromatic carbocycles. The number of ketones is 2. The predicted molar refractivity (Wildman–Crippen MR) is 176 cm³/mol. The Hall–Kier alpha value is -4.08. The zero-order valence-corrected chi connectivity index (χ0v) is 26.5. The minimum absolute atomic E-state index is 0.0179. The van der Waals surface area contributed by atoms with Crippen molar-refractivity contribution in [3.63, 3.8) is 0 Å². The molecule has 246 valence electrons. The minimum Gasteiger partial charge on any atom is -0.497 e. The molecule has 46 heavy (non-hydrogen) atoms. The van der Waals surface area contributed by atoms with Gasteiger partial charge in [0.1, 0.15) is 17.3 Å². The molecule has 1 aliphatic rings. The maximum atomic E-state index is 13.7. The molecule has 9 heteroatoms. The van der Waals surface area contributed by atoms with Gasteiger partial charge in [0, 0.05) is 43.5 Å². The molecule has 0 aliphatic carbocycles. The number of halogens is 1. The van der Waals surface area contributed by atoms with Crippen LogP contribution >= 0.6 is 0 Å². The first kappa shape index (κ1) is 34.8. The molecular weight excluding hydrogens is 587 g/mol. The molecule has 1 fully saturated rings. The smallest absolute Gasteiger partial charge is 0.165 e. The van der Waals surface area contributed by atoms with Crippen LogP contribution in [0.1, 0.15) is 67.0 Å². The highest BCUT2D eigenvalue weighted by Crippen LogP contribution is 2.32. The summed E-state index contributed by atoms with van der Waals surface area (Å²) in [6.07, 6.45) is 4.62. The average molecular weight is 633 g/mol. The van der Waals surface area contributed by atoms with Crippen LogP contribution in [0.3, 0.4) is 0 Å². The van der Waals surface area contributed by atoms with Crippen LogP contribution in [-0.2, 0) is 4.79 Å². The van der Waals surface area contributed by atoms with Crippen molar-refractivity contribution in [1.82, 2.24) is 4.90 Å². The van der Waals surface area contributed by atoms with Crippen LogP contribution in [-0.4, -0.2) is 67.7 Å². The molecule has 0 spiro atoms. The van der Waals surface area contributed by atoms with E-state index in [2.05, 4.69) is 4.90 Å². The summed E-state index contributed by atoms with van der Waals surface area (Å²) in [4.78, 5) is 28.2. The number of aliphatic hydroxyl groups is 1. The van der Waals surface area contributed by atoms with Gasteiger partial charge in [0.2, 0.25) is 0 Å². The zero-order chi connectivity index (χ0) is 32.7. The van der Waals surface area contributed by atoms with Crippen molar-refractivity contribution in [1.29, 1.82) is 5.41 Å². The van der Waals surface area contributed by atoms with Crippen molar-refractivity contribution in [2.75, 3.05) is 40.0 Å². The van der Waals surface area contributed by atoms with E-state index in [1.54, 1.807) is 73.8 Å². The molecule has 0 amide bonds. The summed E-state index contributed by atoms with van der Waals surface area (Å²) in [6.45, 7) is 3.02. The lowest BCUT2D eigenvalue weighted by Crippen LogP contribution is -2.38. The van der Waals surface area contributed by atoms with E-state index in [0.29, 0.717) is 68.1 Å². The second kappa shape index (κ2) is 18.2. The average Bonchev–Trinajstić information content (AvgIpc) is 3.60. The molecule has 2 N–H and O–H groups in total. The van der Waals surface area contributed by atoms with Gasteiger partial charge in [0.05, 0.1) is 32.3 Å².